The quantitative estimate of drug-likeness (QED) is 0.411. The Morgan fingerprint density at radius 1 is 1.31 bits per heavy atom. The highest BCUT2D eigenvalue weighted by atomic mass is 79.9. The van der Waals surface area contributed by atoms with Gasteiger partial charge in [0.15, 0.2) is 0 Å². The molecular weight excluding hydrogens is 434 g/mol. The van der Waals surface area contributed by atoms with Crippen LogP contribution in [0.3, 0.4) is 0 Å². The molecule has 1 aromatic heterocycles. The van der Waals surface area contributed by atoms with Crippen molar-refractivity contribution in [2.75, 3.05) is 12.0 Å². The van der Waals surface area contributed by atoms with Gasteiger partial charge >= 0.3 is 0 Å². The van der Waals surface area contributed by atoms with E-state index in [0.717, 1.165) is 16.5 Å². The van der Waals surface area contributed by atoms with Gasteiger partial charge in [-0.2, -0.15) is 10.4 Å². The van der Waals surface area contributed by atoms with Crippen LogP contribution in [0, 0.1) is 11.3 Å². The van der Waals surface area contributed by atoms with Crippen molar-refractivity contribution < 1.29 is 4.74 Å². The Morgan fingerprint density at radius 3 is 2.83 bits per heavy atom. The zero-order valence-corrected chi connectivity index (χ0v) is 17.2. The zero-order valence-electron chi connectivity index (χ0n) is 15.6. The smallest absolute Gasteiger partial charge is 0.270 e. The second-order valence-corrected chi connectivity index (χ2v) is 6.93. The Kier molecular flexibility index (Phi) is 6.76. The lowest BCUT2D eigenvalue weighted by molar-refractivity contribution is 0.317. The maximum absolute atomic E-state index is 12.3. The summed E-state index contributed by atoms with van der Waals surface area (Å²) in [6.07, 6.45) is 2.47. The van der Waals surface area contributed by atoms with Crippen molar-refractivity contribution in [3.05, 3.63) is 74.5 Å². The molecule has 0 amide bonds. The number of hydrazone groups is 1. The van der Waals surface area contributed by atoms with Crippen LogP contribution < -0.4 is 15.7 Å². The molecule has 0 aliphatic carbocycles. The summed E-state index contributed by atoms with van der Waals surface area (Å²) in [5.41, 5.74) is 3.87. The average molecular weight is 452 g/mol. The summed E-state index contributed by atoms with van der Waals surface area (Å²) in [5, 5.41) is 13.5. The topological polar surface area (TPSA) is 103 Å². The lowest BCUT2D eigenvalue weighted by Gasteiger charge is -2.08. The van der Waals surface area contributed by atoms with E-state index in [1.54, 1.807) is 18.3 Å². The van der Waals surface area contributed by atoms with Crippen LogP contribution in [0.1, 0.15) is 24.5 Å². The highest BCUT2D eigenvalue weighted by Crippen LogP contribution is 2.22. The minimum atomic E-state index is -0.534. The lowest BCUT2D eigenvalue weighted by Crippen LogP contribution is -2.16. The summed E-state index contributed by atoms with van der Waals surface area (Å²) in [6, 6.07) is 16.6. The zero-order chi connectivity index (χ0) is 20.6. The maximum Gasteiger partial charge on any atom is 0.270 e. The van der Waals surface area contributed by atoms with Gasteiger partial charge in [-0.1, -0.05) is 53.2 Å². The number of nitrogens with zero attached hydrogens (tertiary/aromatic N) is 3. The van der Waals surface area contributed by atoms with Gasteiger partial charge in [0.05, 0.1) is 18.5 Å². The summed E-state index contributed by atoms with van der Waals surface area (Å²) < 4.78 is 6.61. The highest BCUT2D eigenvalue weighted by Gasteiger charge is 2.12. The van der Waals surface area contributed by atoms with E-state index in [1.165, 1.54) is 0 Å². The average Bonchev–Trinajstić information content (AvgIpc) is 2.73. The van der Waals surface area contributed by atoms with Gasteiger partial charge in [0.25, 0.3) is 5.56 Å². The Bertz CT molecular complexity index is 1120. The van der Waals surface area contributed by atoms with Crippen molar-refractivity contribution in [1.29, 1.82) is 5.26 Å². The van der Waals surface area contributed by atoms with E-state index in [9.17, 15) is 10.1 Å². The second-order valence-electron chi connectivity index (χ2n) is 6.02. The number of nitriles is 1. The van der Waals surface area contributed by atoms with E-state index in [0.29, 0.717) is 23.6 Å². The number of H-pyrrole nitrogens is 1. The van der Waals surface area contributed by atoms with Crippen molar-refractivity contribution in [3.8, 4) is 23.1 Å². The molecule has 0 saturated heterocycles. The summed E-state index contributed by atoms with van der Waals surface area (Å²) in [7, 11) is 0. The van der Waals surface area contributed by atoms with Crippen LogP contribution in [0.5, 0.6) is 5.75 Å². The summed E-state index contributed by atoms with van der Waals surface area (Å²) in [5.74, 6) is 0.835. The number of hydrogen-bond acceptors (Lipinski definition) is 6. The van der Waals surface area contributed by atoms with Gasteiger partial charge in [0, 0.05) is 15.6 Å². The number of anilines is 1. The van der Waals surface area contributed by atoms with Crippen LogP contribution in [-0.2, 0) is 0 Å². The van der Waals surface area contributed by atoms with E-state index >= 15 is 0 Å². The predicted molar refractivity (Wildman–Crippen MR) is 116 cm³/mol. The van der Waals surface area contributed by atoms with E-state index in [4.69, 9.17) is 4.74 Å². The number of hydrogen-bond donors (Lipinski definition) is 2. The highest BCUT2D eigenvalue weighted by molar-refractivity contribution is 9.10. The van der Waals surface area contributed by atoms with E-state index in [-0.39, 0.29) is 11.5 Å². The van der Waals surface area contributed by atoms with E-state index in [1.807, 2.05) is 49.4 Å². The first-order valence-electron chi connectivity index (χ1n) is 8.93. The molecule has 7 nitrogen and oxygen atoms in total. The molecule has 0 bridgehead atoms. The molecule has 3 rings (SSSR count). The number of ether oxygens (including phenoxy) is 1. The second kappa shape index (κ2) is 9.66. The molecule has 0 radical (unpaired) electrons. The fourth-order valence-corrected chi connectivity index (χ4v) is 2.94. The first-order chi connectivity index (χ1) is 14.1. The summed E-state index contributed by atoms with van der Waals surface area (Å²) >= 11 is 3.43. The van der Waals surface area contributed by atoms with Crippen LogP contribution in [0.25, 0.3) is 11.3 Å². The fraction of sp³-hybridized carbons (Fsp3) is 0.143. The van der Waals surface area contributed by atoms with Gasteiger partial charge in [0.2, 0.25) is 5.95 Å². The molecule has 1 heterocycles. The van der Waals surface area contributed by atoms with Crippen LogP contribution in [0.2, 0.25) is 0 Å². The molecule has 0 saturated carbocycles. The normalized spacial score (nSPS) is 10.7. The molecule has 3 aromatic rings. The number of aromatic nitrogens is 2. The van der Waals surface area contributed by atoms with E-state index < -0.39 is 5.56 Å². The maximum atomic E-state index is 12.3. The lowest BCUT2D eigenvalue weighted by atomic mass is 10.1. The van der Waals surface area contributed by atoms with E-state index in [2.05, 4.69) is 36.4 Å². The standard InChI is InChI=1S/C21H18BrN5O2/c1-2-10-29-18-9-8-16(22)11-15(18)13-24-27-21-25-19(14-6-4-3-5-7-14)17(12-23)20(28)26-21/h3-9,11,13H,2,10H2,1H3,(H2,25,26,27,28). The predicted octanol–water partition coefficient (Wildman–Crippen LogP) is 4.31. The first-order valence-corrected chi connectivity index (χ1v) is 9.73. The minimum Gasteiger partial charge on any atom is -0.493 e. The Hall–Kier alpha value is -3.44. The van der Waals surface area contributed by atoms with Crippen LogP contribution in [-0.4, -0.2) is 22.8 Å². The monoisotopic (exact) mass is 451 g/mol. The van der Waals surface area contributed by atoms with Crippen molar-refractivity contribution in [3.63, 3.8) is 0 Å². The summed E-state index contributed by atoms with van der Waals surface area (Å²) in [6.45, 7) is 2.63. The largest absolute Gasteiger partial charge is 0.493 e. The van der Waals surface area contributed by atoms with Crippen LogP contribution in [0.4, 0.5) is 5.95 Å². The van der Waals surface area contributed by atoms with Gasteiger partial charge < -0.3 is 4.74 Å². The van der Waals surface area contributed by atoms with Crippen molar-refractivity contribution in [2.45, 2.75) is 13.3 Å². The van der Waals surface area contributed by atoms with Gasteiger partial charge in [-0.15, -0.1) is 0 Å². The third-order valence-electron chi connectivity index (χ3n) is 3.89. The molecule has 29 heavy (non-hydrogen) atoms. The van der Waals surface area contributed by atoms with Crippen molar-refractivity contribution >= 4 is 28.1 Å². The number of benzene rings is 2. The molecule has 0 unspecified atom stereocenters. The molecule has 0 aliphatic heterocycles. The number of aromatic amines is 1. The number of rotatable bonds is 7. The molecule has 146 valence electrons. The molecular formula is C21H18BrN5O2. The van der Waals surface area contributed by atoms with Gasteiger partial charge in [-0.25, -0.2) is 10.4 Å². The van der Waals surface area contributed by atoms with Gasteiger partial charge in [-0.3, -0.25) is 9.78 Å². The molecule has 0 aliphatic rings. The van der Waals surface area contributed by atoms with Crippen LogP contribution in [0.15, 0.2) is 62.9 Å². The van der Waals surface area contributed by atoms with Gasteiger partial charge in [-0.05, 0) is 24.6 Å². The SMILES string of the molecule is CCCOc1ccc(Br)cc1C=NNc1nc(-c2ccccc2)c(C#N)c(=O)[nH]1. The molecule has 8 heteroatoms. The van der Waals surface area contributed by atoms with Gasteiger partial charge in [0.1, 0.15) is 17.4 Å². The first kappa shape index (κ1) is 20.3. The molecule has 0 atom stereocenters. The molecule has 0 spiro atoms. The fourth-order valence-electron chi connectivity index (χ4n) is 2.56. The third kappa shape index (κ3) is 5.09. The summed E-state index contributed by atoms with van der Waals surface area (Å²) in [4.78, 5) is 19.2. The molecule has 2 N–H and O–H groups in total. The Morgan fingerprint density at radius 2 is 2.10 bits per heavy atom. The molecule has 0 fully saturated rings. The van der Waals surface area contributed by atoms with Crippen molar-refractivity contribution in [1.82, 2.24) is 9.97 Å². The number of halogens is 1. The molecule has 2 aromatic carbocycles. The minimum absolute atomic E-state index is 0.0482. The van der Waals surface area contributed by atoms with Crippen molar-refractivity contribution in [2.24, 2.45) is 5.10 Å². The third-order valence-corrected chi connectivity index (χ3v) is 4.38. The number of nitrogens with one attached hydrogen (secondary N) is 2. The Balaban J connectivity index is 1.89. The van der Waals surface area contributed by atoms with Crippen LogP contribution >= 0.6 is 15.9 Å². The Labute approximate surface area is 176 Å².